The van der Waals surface area contributed by atoms with Crippen molar-refractivity contribution < 1.29 is 39.8 Å². The minimum Gasteiger partial charge on any atom is -0.394 e. The van der Waals surface area contributed by atoms with E-state index in [4.69, 9.17) is 9.47 Å². The van der Waals surface area contributed by atoms with Gasteiger partial charge in [0, 0.05) is 6.42 Å². The summed E-state index contributed by atoms with van der Waals surface area (Å²) in [5, 5.41) is 54.6. The Hall–Kier alpha value is -4.19. The summed E-state index contributed by atoms with van der Waals surface area (Å²) >= 11 is 0. The van der Waals surface area contributed by atoms with Gasteiger partial charge >= 0.3 is 0 Å². The predicted octanol–water partition coefficient (Wildman–Crippen LogP) is 18.0. The smallest absolute Gasteiger partial charge is 0.220 e. The summed E-state index contributed by atoms with van der Waals surface area (Å²) in [5.74, 6) is -0.224. The second kappa shape index (κ2) is 60.9. The van der Waals surface area contributed by atoms with Gasteiger partial charge in [0.25, 0.3) is 0 Å². The van der Waals surface area contributed by atoms with Crippen LogP contribution in [0.1, 0.15) is 245 Å². The minimum absolute atomic E-state index is 0.224. The molecule has 0 radical (unpaired) electrons. The molecule has 470 valence electrons. The number of rotatable bonds is 55. The van der Waals surface area contributed by atoms with Crippen molar-refractivity contribution in [2.75, 3.05) is 13.2 Å². The molecule has 0 aliphatic carbocycles. The van der Waals surface area contributed by atoms with Crippen LogP contribution in [0, 0.1) is 0 Å². The van der Waals surface area contributed by atoms with Crippen molar-refractivity contribution in [1.29, 1.82) is 0 Å². The van der Waals surface area contributed by atoms with Crippen LogP contribution < -0.4 is 5.32 Å². The highest BCUT2D eigenvalue weighted by molar-refractivity contribution is 5.76. The summed E-state index contributed by atoms with van der Waals surface area (Å²) in [6, 6.07) is -0.853. The van der Waals surface area contributed by atoms with Crippen molar-refractivity contribution in [3.05, 3.63) is 158 Å². The molecule has 0 bridgehead atoms. The largest absolute Gasteiger partial charge is 0.394 e. The van der Waals surface area contributed by atoms with Crippen molar-refractivity contribution in [2.24, 2.45) is 0 Å². The molecule has 0 spiro atoms. The Balaban J connectivity index is 2.25. The zero-order valence-corrected chi connectivity index (χ0v) is 52.4. The zero-order valence-electron chi connectivity index (χ0n) is 52.4. The minimum atomic E-state index is -1.59. The fourth-order valence-corrected chi connectivity index (χ4v) is 9.41. The van der Waals surface area contributed by atoms with Crippen LogP contribution in [-0.2, 0) is 14.3 Å². The van der Waals surface area contributed by atoms with Crippen LogP contribution in [0.15, 0.2) is 158 Å². The van der Waals surface area contributed by atoms with Crippen LogP contribution in [0.2, 0.25) is 0 Å². The molecule has 1 aliphatic rings. The van der Waals surface area contributed by atoms with E-state index >= 15 is 0 Å². The van der Waals surface area contributed by atoms with Crippen LogP contribution in [0.25, 0.3) is 0 Å². The number of amides is 1. The summed E-state index contributed by atoms with van der Waals surface area (Å²) in [6.07, 6.45) is 89.0. The maximum Gasteiger partial charge on any atom is 0.220 e. The van der Waals surface area contributed by atoms with Gasteiger partial charge in [0.15, 0.2) is 6.29 Å². The molecule has 1 rings (SSSR count). The quantitative estimate of drug-likeness (QED) is 0.0261. The Kier molecular flexibility index (Phi) is 56.4. The van der Waals surface area contributed by atoms with E-state index in [9.17, 15) is 30.3 Å². The van der Waals surface area contributed by atoms with Crippen molar-refractivity contribution in [3.8, 4) is 0 Å². The molecule has 9 nitrogen and oxygen atoms in total. The highest BCUT2D eigenvalue weighted by Gasteiger charge is 2.44. The Morgan fingerprint density at radius 3 is 1.16 bits per heavy atom. The summed E-state index contributed by atoms with van der Waals surface area (Å²) in [7, 11) is 0. The van der Waals surface area contributed by atoms with E-state index < -0.39 is 49.5 Å². The number of unbranched alkanes of at least 4 members (excludes halogenated alkanes) is 21. The lowest BCUT2D eigenvalue weighted by molar-refractivity contribution is -0.302. The average molecular weight is 1150 g/mol. The standard InChI is InChI=1S/C74H121NO8/c1-3-5-7-9-11-13-15-17-19-21-23-25-27-28-29-30-31-32-33-34-35-36-37-38-39-40-42-44-46-48-50-52-54-56-58-60-62-64-70(78)75-67(66-82-74-73(81)72(80)71(79)69(65-76)83-74)68(77)63-61-59-57-55-53-51-49-47-45-43-41-26-24-22-20-18-16-14-12-10-8-6-4-2/h5,7,11,13,17,19,23,25,28-29,31-32,34-35,37-38,40,42,46,48,52-55,61,63,67-69,71-74,76-77,79-81H,3-4,6,8-10,12,14-16,18,20-22,24,26-27,30,33,36,39,41,43-45,47,49-51,56-60,62,64-66H2,1-2H3,(H,75,78)/b7-5-,13-11-,19-17-,25-23-,29-28-,32-31-,35-34-,38-37-,42-40-,48-46-,54-52-,55-53+,63-61+. The van der Waals surface area contributed by atoms with Crippen LogP contribution in [0.3, 0.4) is 0 Å². The van der Waals surface area contributed by atoms with E-state index in [1.54, 1.807) is 6.08 Å². The van der Waals surface area contributed by atoms with Gasteiger partial charge in [-0.05, 0) is 116 Å². The molecule has 6 N–H and O–H groups in total. The predicted molar refractivity (Wildman–Crippen MR) is 354 cm³/mol. The van der Waals surface area contributed by atoms with E-state index in [1.165, 1.54) is 109 Å². The number of carbonyl (C=O) groups excluding carboxylic acids is 1. The third kappa shape index (κ3) is 49.7. The number of carbonyl (C=O) groups is 1. The molecule has 1 heterocycles. The van der Waals surface area contributed by atoms with Crippen LogP contribution in [-0.4, -0.2) is 87.5 Å². The summed E-state index contributed by atoms with van der Waals surface area (Å²) < 4.78 is 11.3. The molecule has 83 heavy (non-hydrogen) atoms. The van der Waals surface area contributed by atoms with Gasteiger partial charge in [0.2, 0.25) is 5.91 Å². The number of allylic oxidation sites excluding steroid dienone is 25. The summed E-state index contributed by atoms with van der Waals surface area (Å²) in [5.41, 5.74) is 0. The Morgan fingerprint density at radius 2 is 0.759 bits per heavy atom. The molecule has 1 aliphatic heterocycles. The van der Waals surface area contributed by atoms with Crippen LogP contribution in [0.4, 0.5) is 0 Å². The lowest BCUT2D eigenvalue weighted by Crippen LogP contribution is -2.60. The van der Waals surface area contributed by atoms with Gasteiger partial charge in [-0.3, -0.25) is 4.79 Å². The van der Waals surface area contributed by atoms with Crippen molar-refractivity contribution in [1.82, 2.24) is 5.32 Å². The highest BCUT2D eigenvalue weighted by Crippen LogP contribution is 2.23. The number of nitrogens with one attached hydrogen (secondary N) is 1. The lowest BCUT2D eigenvalue weighted by Gasteiger charge is -2.40. The monoisotopic (exact) mass is 1150 g/mol. The van der Waals surface area contributed by atoms with Gasteiger partial charge in [-0.15, -0.1) is 0 Å². The zero-order chi connectivity index (χ0) is 60.0. The van der Waals surface area contributed by atoms with Gasteiger partial charge in [0.05, 0.1) is 25.4 Å². The summed E-state index contributed by atoms with van der Waals surface area (Å²) in [6.45, 7) is 3.63. The Bertz CT molecular complexity index is 1860. The van der Waals surface area contributed by atoms with Gasteiger partial charge < -0.3 is 40.3 Å². The van der Waals surface area contributed by atoms with E-state index in [0.29, 0.717) is 6.42 Å². The van der Waals surface area contributed by atoms with E-state index in [1.807, 2.05) is 6.08 Å². The van der Waals surface area contributed by atoms with Crippen LogP contribution in [0.5, 0.6) is 0 Å². The van der Waals surface area contributed by atoms with Crippen molar-refractivity contribution in [3.63, 3.8) is 0 Å². The molecule has 9 heteroatoms. The maximum atomic E-state index is 13.1. The number of hydrogen-bond donors (Lipinski definition) is 6. The number of aliphatic hydroxyl groups excluding tert-OH is 5. The van der Waals surface area contributed by atoms with E-state index in [-0.39, 0.29) is 18.9 Å². The van der Waals surface area contributed by atoms with Gasteiger partial charge in [-0.2, -0.15) is 0 Å². The lowest BCUT2D eigenvalue weighted by atomic mass is 9.99. The SMILES string of the molecule is CC/C=C\C/C=C\C/C=C\C/C=C\C/C=C\C/C=C\C/C=C\C/C=C\C/C=C\C/C=C\C/C=C\CCCCCC(=O)NC(COC1OC(CO)C(O)C(O)C1O)C(O)/C=C/CC/C=C/CCCCCCCCCCCCCCCCCCC. The fraction of sp³-hybridized carbons (Fsp3) is 0.635. The van der Waals surface area contributed by atoms with Gasteiger partial charge in [0.1, 0.15) is 24.4 Å². The maximum absolute atomic E-state index is 13.1. The second-order valence-corrected chi connectivity index (χ2v) is 22.2. The number of aliphatic hydroxyl groups is 5. The van der Waals surface area contributed by atoms with Crippen molar-refractivity contribution in [2.45, 2.75) is 288 Å². The molecule has 7 atom stereocenters. The van der Waals surface area contributed by atoms with Crippen molar-refractivity contribution >= 4 is 5.91 Å². The Morgan fingerprint density at radius 1 is 0.422 bits per heavy atom. The summed E-state index contributed by atoms with van der Waals surface area (Å²) in [4.78, 5) is 13.1. The Labute approximate surface area is 507 Å². The van der Waals surface area contributed by atoms with Gasteiger partial charge in [-0.25, -0.2) is 0 Å². The molecule has 0 aromatic heterocycles. The first-order chi connectivity index (χ1) is 40.8. The first kappa shape index (κ1) is 76.8. The van der Waals surface area contributed by atoms with E-state index in [0.717, 1.165) is 109 Å². The highest BCUT2D eigenvalue weighted by atomic mass is 16.7. The first-order valence-electron chi connectivity index (χ1n) is 33.2. The normalized spacial score (nSPS) is 19.3. The molecule has 0 aromatic carbocycles. The average Bonchev–Trinajstić information content (AvgIpc) is 3.60. The molecule has 1 fully saturated rings. The molecule has 7 unspecified atom stereocenters. The molecule has 0 aromatic rings. The third-order valence-electron chi connectivity index (χ3n) is 14.6. The number of ether oxygens (including phenoxy) is 2. The molecule has 0 saturated carbocycles. The second-order valence-electron chi connectivity index (χ2n) is 22.2. The molecular weight excluding hydrogens is 1030 g/mol. The third-order valence-corrected chi connectivity index (χ3v) is 14.6. The molecular formula is C74H121NO8. The topological polar surface area (TPSA) is 149 Å². The fourth-order valence-electron chi connectivity index (χ4n) is 9.41. The molecule has 1 saturated heterocycles. The van der Waals surface area contributed by atoms with Crippen LogP contribution >= 0.6 is 0 Å². The first-order valence-corrected chi connectivity index (χ1v) is 33.2. The van der Waals surface area contributed by atoms with E-state index in [2.05, 4.69) is 165 Å². The number of hydrogen-bond acceptors (Lipinski definition) is 8. The van der Waals surface area contributed by atoms with Gasteiger partial charge in [-0.1, -0.05) is 281 Å². The molecule has 1 amide bonds.